The summed E-state index contributed by atoms with van der Waals surface area (Å²) in [5.74, 6) is 4.50. The fourth-order valence-electron chi connectivity index (χ4n) is 2.05. The fourth-order valence-corrected chi connectivity index (χ4v) is 2.59. The third-order valence-corrected chi connectivity index (χ3v) is 3.86. The van der Waals surface area contributed by atoms with E-state index in [4.69, 9.17) is 4.74 Å². The van der Waals surface area contributed by atoms with Crippen molar-refractivity contribution in [3.05, 3.63) is 17.6 Å². The first-order valence-electron chi connectivity index (χ1n) is 6.54. The minimum Gasteiger partial charge on any atom is -0.381 e. The lowest BCUT2D eigenvalue weighted by Crippen LogP contribution is -2.10. The molecule has 1 saturated heterocycles. The lowest BCUT2D eigenvalue weighted by atomic mass is 10.0. The molecule has 0 aromatic carbocycles. The molecule has 1 aromatic heterocycles. The molecule has 1 N–H and O–H groups in total. The van der Waals surface area contributed by atoms with Gasteiger partial charge in [0.15, 0.2) is 0 Å². The van der Waals surface area contributed by atoms with Gasteiger partial charge < -0.3 is 10.1 Å². The number of anilines is 1. The van der Waals surface area contributed by atoms with Crippen LogP contribution in [-0.2, 0) is 4.74 Å². The van der Waals surface area contributed by atoms with Crippen LogP contribution in [0.25, 0.3) is 0 Å². The highest BCUT2D eigenvalue weighted by atomic mass is 32.2. The SMILES string of the molecule is CCSCCNc1cc([C@@H]2CCOC2)nc(C)n1. The summed E-state index contributed by atoms with van der Waals surface area (Å²) in [6.45, 7) is 6.73. The van der Waals surface area contributed by atoms with Gasteiger partial charge in [0.25, 0.3) is 0 Å². The molecule has 1 aromatic rings. The number of thioether (sulfide) groups is 1. The van der Waals surface area contributed by atoms with E-state index in [9.17, 15) is 0 Å². The second-order valence-corrected chi connectivity index (χ2v) is 5.80. The summed E-state index contributed by atoms with van der Waals surface area (Å²) in [5, 5.41) is 3.37. The zero-order valence-electron chi connectivity index (χ0n) is 11.1. The summed E-state index contributed by atoms with van der Waals surface area (Å²) in [6, 6.07) is 2.07. The lowest BCUT2D eigenvalue weighted by Gasteiger charge is -2.11. The average Bonchev–Trinajstić information content (AvgIpc) is 2.88. The Labute approximate surface area is 113 Å². The summed E-state index contributed by atoms with van der Waals surface area (Å²) >= 11 is 1.94. The minimum atomic E-state index is 0.442. The predicted molar refractivity (Wildman–Crippen MR) is 76.4 cm³/mol. The molecule has 1 aliphatic heterocycles. The van der Waals surface area contributed by atoms with Gasteiger partial charge in [-0.2, -0.15) is 11.8 Å². The number of rotatable bonds is 6. The predicted octanol–water partition coefficient (Wildman–Crippen LogP) is 2.45. The molecule has 0 amide bonds. The number of aryl methyl sites for hydroxylation is 1. The summed E-state index contributed by atoms with van der Waals surface area (Å²) in [6.07, 6.45) is 1.07. The number of nitrogens with one attached hydrogen (secondary N) is 1. The fraction of sp³-hybridized carbons (Fsp3) is 0.692. The molecule has 2 rings (SSSR count). The van der Waals surface area contributed by atoms with Crippen molar-refractivity contribution < 1.29 is 4.74 Å². The first-order valence-corrected chi connectivity index (χ1v) is 7.70. The van der Waals surface area contributed by atoms with Gasteiger partial charge in [0.05, 0.1) is 12.3 Å². The number of hydrogen-bond donors (Lipinski definition) is 1. The van der Waals surface area contributed by atoms with Gasteiger partial charge in [-0.25, -0.2) is 9.97 Å². The molecule has 0 unspecified atom stereocenters. The first kappa shape index (κ1) is 13.6. The molecule has 1 fully saturated rings. The summed E-state index contributed by atoms with van der Waals surface area (Å²) < 4.78 is 5.42. The van der Waals surface area contributed by atoms with Gasteiger partial charge in [0.2, 0.25) is 0 Å². The van der Waals surface area contributed by atoms with Gasteiger partial charge in [0, 0.05) is 30.9 Å². The number of ether oxygens (including phenoxy) is 1. The third kappa shape index (κ3) is 3.85. The monoisotopic (exact) mass is 267 g/mol. The number of nitrogens with zero attached hydrogens (tertiary/aromatic N) is 2. The standard InChI is InChI=1S/C13H21N3OS/c1-3-18-7-5-14-13-8-12(15-10(2)16-13)11-4-6-17-9-11/h8,11H,3-7,9H2,1-2H3,(H,14,15,16)/t11-/m1/s1. The molecule has 0 saturated carbocycles. The number of hydrogen-bond acceptors (Lipinski definition) is 5. The second kappa shape index (κ2) is 6.95. The quantitative estimate of drug-likeness (QED) is 0.802. The van der Waals surface area contributed by atoms with Crippen LogP contribution in [0.2, 0.25) is 0 Å². The van der Waals surface area contributed by atoms with Crippen LogP contribution in [0.5, 0.6) is 0 Å². The molecule has 1 aliphatic rings. The third-order valence-electron chi connectivity index (χ3n) is 2.96. The number of aromatic nitrogens is 2. The summed E-state index contributed by atoms with van der Waals surface area (Å²) in [5.41, 5.74) is 1.12. The molecule has 5 heteroatoms. The zero-order chi connectivity index (χ0) is 12.8. The average molecular weight is 267 g/mol. The minimum absolute atomic E-state index is 0.442. The van der Waals surface area contributed by atoms with Gasteiger partial charge in [-0.15, -0.1) is 0 Å². The van der Waals surface area contributed by atoms with Crippen LogP contribution in [0.1, 0.15) is 30.8 Å². The molecule has 18 heavy (non-hydrogen) atoms. The van der Waals surface area contributed by atoms with E-state index in [2.05, 4.69) is 28.3 Å². The van der Waals surface area contributed by atoms with E-state index in [1.807, 2.05) is 18.7 Å². The topological polar surface area (TPSA) is 47.0 Å². The van der Waals surface area contributed by atoms with E-state index in [1.54, 1.807) is 0 Å². The molecule has 4 nitrogen and oxygen atoms in total. The van der Waals surface area contributed by atoms with E-state index in [0.717, 1.165) is 55.0 Å². The van der Waals surface area contributed by atoms with Crippen molar-refractivity contribution >= 4 is 17.6 Å². The molecule has 0 bridgehead atoms. The van der Waals surface area contributed by atoms with E-state index < -0.39 is 0 Å². The molecule has 2 heterocycles. The normalized spacial score (nSPS) is 19.1. The zero-order valence-corrected chi connectivity index (χ0v) is 11.9. The van der Waals surface area contributed by atoms with Crippen molar-refractivity contribution in [3.8, 4) is 0 Å². The Morgan fingerprint density at radius 2 is 2.39 bits per heavy atom. The highest BCUT2D eigenvalue weighted by Crippen LogP contribution is 2.24. The smallest absolute Gasteiger partial charge is 0.129 e. The van der Waals surface area contributed by atoms with Gasteiger partial charge in [-0.05, 0) is 19.1 Å². The van der Waals surface area contributed by atoms with E-state index in [-0.39, 0.29) is 0 Å². The van der Waals surface area contributed by atoms with Gasteiger partial charge in [-0.3, -0.25) is 0 Å². The molecular formula is C13H21N3OS. The Bertz CT molecular complexity index is 380. The first-order chi connectivity index (χ1) is 8.79. The van der Waals surface area contributed by atoms with Crippen LogP contribution in [0.4, 0.5) is 5.82 Å². The molecule has 0 spiro atoms. The van der Waals surface area contributed by atoms with Gasteiger partial charge >= 0.3 is 0 Å². The molecule has 0 radical (unpaired) electrons. The van der Waals surface area contributed by atoms with Crippen molar-refractivity contribution in [3.63, 3.8) is 0 Å². The van der Waals surface area contributed by atoms with Crippen molar-refractivity contribution in [2.75, 3.05) is 36.6 Å². The van der Waals surface area contributed by atoms with Crippen molar-refractivity contribution in [2.45, 2.75) is 26.2 Å². The maximum absolute atomic E-state index is 5.42. The van der Waals surface area contributed by atoms with Crippen LogP contribution in [-0.4, -0.2) is 41.2 Å². The van der Waals surface area contributed by atoms with Crippen LogP contribution < -0.4 is 5.32 Å². The van der Waals surface area contributed by atoms with E-state index in [0.29, 0.717) is 5.92 Å². The Balaban J connectivity index is 1.97. The Morgan fingerprint density at radius 3 is 3.11 bits per heavy atom. The van der Waals surface area contributed by atoms with Crippen LogP contribution >= 0.6 is 11.8 Å². The maximum Gasteiger partial charge on any atom is 0.129 e. The highest BCUT2D eigenvalue weighted by molar-refractivity contribution is 7.99. The van der Waals surface area contributed by atoms with Crippen LogP contribution in [0.3, 0.4) is 0 Å². The van der Waals surface area contributed by atoms with Crippen molar-refractivity contribution in [1.82, 2.24) is 9.97 Å². The van der Waals surface area contributed by atoms with Gasteiger partial charge in [0.1, 0.15) is 11.6 Å². The van der Waals surface area contributed by atoms with E-state index >= 15 is 0 Å². The van der Waals surface area contributed by atoms with Gasteiger partial charge in [-0.1, -0.05) is 6.92 Å². The summed E-state index contributed by atoms with van der Waals surface area (Å²) in [7, 11) is 0. The Kier molecular flexibility index (Phi) is 5.26. The van der Waals surface area contributed by atoms with Crippen LogP contribution in [0.15, 0.2) is 6.07 Å². The maximum atomic E-state index is 5.42. The van der Waals surface area contributed by atoms with Crippen LogP contribution in [0, 0.1) is 6.92 Å². The Hall–Kier alpha value is -0.810. The van der Waals surface area contributed by atoms with E-state index in [1.165, 1.54) is 0 Å². The lowest BCUT2D eigenvalue weighted by molar-refractivity contribution is 0.193. The molecular weight excluding hydrogens is 246 g/mol. The Morgan fingerprint density at radius 1 is 1.50 bits per heavy atom. The molecule has 100 valence electrons. The second-order valence-electron chi connectivity index (χ2n) is 4.41. The highest BCUT2D eigenvalue weighted by Gasteiger charge is 2.20. The molecule has 1 atom stereocenters. The summed E-state index contributed by atoms with van der Waals surface area (Å²) in [4.78, 5) is 8.95. The largest absolute Gasteiger partial charge is 0.381 e. The van der Waals surface area contributed by atoms with Crippen molar-refractivity contribution in [2.24, 2.45) is 0 Å². The molecule has 0 aliphatic carbocycles. The van der Waals surface area contributed by atoms with Crippen molar-refractivity contribution in [1.29, 1.82) is 0 Å².